The van der Waals surface area contributed by atoms with Crippen molar-refractivity contribution in [2.24, 2.45) is 0 Å². The van der Waals surface area contributed by atoms with Crippen molar-refractivity contribution in [3.8, 4) is 0 Å². The monoisotopic (exact) mass is 398 g/mol. The molecule has 0 aliphatic heterocycles. The largest absolute Gasteiger partial charge is 0.354 e. The number of benzene rings is 1. The van der Waals surface area contributed by atoms with Gasteiger partial charge in [0.05, 0.1) is 4.90 Å². The highest BCUT2D eigenvalue weighted by molar-refractivity contribution is 7.98. The lowest BCUT2D eigenvalue weighted by molar-refractivity contribution is -0.122. The molecule has 25 heavy (non-hydrogen) atoms. The van der Waals surface area contributed by atoms with Crippen LogP contribution in [0.25, 0.3) is 0 Å². The first kappa shape index (κ1) is 20.0. The molecule has 136 valence electrons. The number of thioether (sulfide) groups is 1. The van der Waals surface area contributed by atoms with Crippen molar-refractivity contribution in [1.29, 1.82) is 0 Å². The Hall–Kier alpha value is -1.35. The van der Waals surface area contributed by atoms with Crippen molar-refractivity contribution < 1.29 is 13.2 Å². The molecule has 1 unspecified atom stereocenters. The Morgan fingerprint density at radius 3 is 2.60 bits per heavy atom. The smallest absolute Gasteiger partial charge is 0.241 e. The molecule has 0 saturated heterocycles. The van der Waals surface area contributed by atoms with Crippen molar-refractivity contribution in [3.05, 3.63) is 52.7 Å². The molecule has 0 aliphatic carbocycles. The summed E-state index contributed by atoms with van der Waals surface area (Å²) in [5.41, 5.74) is 0. The van der Waals surface area contributed by atoms with Crippen LogP contribution < -0.4 is 10.0 Å². The van der Waals surface area contributed by atoms with Crippen molar-refractivity contribution in [2.45, 2.75) is 23.8 Å². The first-order chi connectivity index (χ1) is 12.0. The molecule has 0 bridgehead atoms. The lowest BCUT2D eigenvalue weighted by Crippen LogP contribution is -2.47. The Morgan fingerprint density at radius 1 is 1.20 bits per heavy atom. The van der Waals surface area contributed by atoms with Gasteiger partial charge in [0.15, 0.2) is 0 Å². The summed E-state index contributed by atoms with van der Waals surface area (Å²) in [7, 11) is -3.72. The fourth-order valence-corrected chi connectivity index (χ4v) is 4.65. The summed E-state index contributed by atoms with van der Waals surface area (Å²) >= 11 is 3.22. The van der Waals surface area contributed by atoms with Gasteiger partial charge in [-0.25, -0.2) is 8.42 Å². The number of hydrogen-bond donors (Lipinski definition) is 2. The lowest BCUT2D eigenvalue weighted by atomic mass is 10.2. The normalized spacial score (nSPS) is 12.7. The van der Waals surface area contributed by atoms with E-state index >= 15 is 0 Å². The van der Waals surface area contributed by atoms with E-state index in [2.05, 4.69) is 10.0 Å². The van der Waals surface area contributed by atoms with E-state index < -0.39 is 16.1 Å². The summed E-state index contributed by atoms with van der Waals surface area (Å²) in [5, 5.41) is 4.83. The maximum atomic E-state index is 12.5. The Morgan fingerprint density at radius 2 is 1.96 bits per heavy atom. The highest BCUT2D eigenvalue weighted by Crippen LogP contribution is 2.11. The van der Waals surface area contributed by atoms with Gasteiger partial charge in [-0.2, -0.15) is 16.5 Å². The summed E-state index contributed by atoms with van der Waals surface area (Å²) < 4.78 is 27.5. The van der Waals surface area contributed by atoms with E-state index in [9.17, 15) is 13.2 Å². The molecule has 0 spiro atoms. The standard InChI is InChI=1S/C17H22N2O3S3/c1-23-13-10-16(17(20)18-11-9-14-6-5-12-24-14)19-25(21,22)15-7-3-2-4-8-15/h2-8,12,16,19H,9-11,13H2,1H3,(H,18,20). The second-order valence-corrected chi connectivity index (χ2v) is 9.12. The van der Waals surface area contributed by atoms with E-state index in [1.807, 2.05) is 23.8 Å². The van der Waals surface area contributed by atoms with Crippen molar-refractivity contribution in [2.75, 3.05) is 18.6 Å². The Bertz CT molecular complexity index is 747. The first-order valence-corrected chi connectivity index (χ1v) is 11.6. The molecule has 1 atom stereocenters. The number of sulfonamides is 1. The van der Waals surface area contributed by atoms with Crippen LogP contribution in [-0.4, -0.2) is 38.9 Å². The quantitative estimate of drug-likeness (QED) is 0.645. The summed E-state index contributed by atoms with van der Waals surface area (Å²) in [6.45, 7) is 0.488. The fraction of sp³-hybridized carbons (Fsp3) is 0.353. The third-order valence-electron chi connectivity index (χ3n) is 3.53. The van der Waals surface area contributed by atoms with Crippen LogP contribution in [0.2, 0.25) is 0 Å². The molecule has 1 aromatic heterocycles. The molecule has 5 nitrogen and oxygen atoms in total. The lowest BCUT2D eigenvalue weighted by Gasteiger charge is -2.18. The van der Waals surface area contributed by atoms with Gasteiger partial charge in [0.1, 0.15) is 6.04 Å². The van der Waals surface area contributed by atoms with Gasteiger partial charge < -0.3 is 5.32 Å². The number of rotatable bonds is 10. The van der Waals surface area contributed by atoms with E-state index in [4.69, 9.17) is 0 Å². The summed E-state index contributed by atoms with van der Waals surface area (Å²) in [6.07, 6.45) is 3.11. The average molecular weight is 399 g/mol. The van der Waals surface area contributed by atoms with Crippen LogP contribution in [0, 0.1) is 0 Å². The number of amides is 1. The van der Waals surface area contributed by atoms with Gasteiger partial charge in [0, 0.05) is 11.4 Å². The molecule has 0 saturated carbocycles. The van der Waals surface area contributed by atoms with Gasteiger partial charge in [-0.15, -0.1) is 11.3 Å². The minimum atomic E-state index is -3.72. The molecule has 0 radical (unpaired) electrons. The van der Waals surface area contributed by atoms with Crippen LogP contribution in [0.15, 0.2) is 52.7 Å². The van der Waals surface area contributed by atoms with Gasteiger partial charge in [-0.3, -0.25) is 4.79 Å². The number of thiophene rings is 1. The zero-order chi connectivity index (χ0) is 18.1. The molecular formula is C17H22N2O3S3. The summed E-state index contributed by atoms with van der Waals surface area (Å²) in [5.74, 6) is 0.408. The van der Waals surface area contributed by atoms with Crippen LogP contribution in [0.3, 0.4) is 0 Å². The predicted molar refractivity (Wildman–Crippen MR) is 105 cm³/mol. The number of nitrogens with one attached hydrogen (secondary N) is 2. The molecule has 2 N–H and O–H groups in total. The molecule has 2 aromatic rings. The highest BCUT2D eigenvalue weighted by Gasteiger charge is 2.25. The number of carbonyl (C=O) groups excluding carboxylic acids is 1. The molecule has 0 fully saturated rings. The minimum Gasteiger partial charge on any atom is -0.354 e. The van der Waals surface area contributed by atoms with Gasteiger partial charge in [-0.1, -0.05) is 24.3 Å². The molecule has 1 amide bonds. The van der Waals surface area contributed by atoms with Crippen molar-refractivity contribution in [3.63, 3.8) is 0 Å². The van der Waals surface area contributed by atoms with Crippen LogP contribution in [0.1, 0.15) is 11.3 Å². The van der Waals surface area contributed by atoms with E-state index in [-0.39, 0.29) is 10.8 Å². The predicted octanol–water partition coefficient (Wildman–Crippen LogP) is 2.51. The molecule has 8 heteroatoms. The zero-order valence-electron chi connectivity index (χ0n) is 14.0. The van der Waals surface area contributed by atoms with Crippen LogP contribution in [0.4, 0.5) is 0 Å². The molecule has 2 rings (SSSR count). The fourth-order valence-electron chi connectivity index (χ4n) is 2.22. The highest BCUT2D eigenvalue weighted by atomic mass is 32.2. The number of hydrogen-bond acceptors (Lipinski definition) is 5. The Labute approximate surface area is 157 Å². The van der Waals surface area contributed by atoms with Gasteiger partial charge in [0.2, 0.25) is 15.9 Å². The van der Waals surface area contributed by atoms with Gasteiger partial charge in [-0.05, 0) is 48.4 Å². The van der Waals surface area contributed by atoms with E-state index in [1.54, 1.807) is 41.3 Å². The van der Waals surface area contributed by atoms with E-state index in [0.717, 1.165) is 6.42 Å². The van der Waals surface area contributed by atoms with Gasteiger partial charge >= 0.3 is 0 Å². The van der Waals surface area contributed by atoms with E-state index in [0.29, 0.717) is 18.7 Å². The number of carbonyl (C=O) groups is 1. The zero-order valence-corrected chi connectivity index (χ0v) is 16.4. The van der Waals surface area contributed by atoms with Crippen molar-refractivity contribution in [1.82, 2.24) is 10.0 Å². The van der Waals surface area contributed by atoms with Crippen LogP contribution >= 0.6 is 23.1 Å². The van der Waals surface area contributed by atoms with Crippen LogP contribution in [0.5, 0.6) is 0 Å². The second-order valence-electron chi connectivity index (χ2n) is 5.39. The van der Waals surface area contributed by atoms with E-state index in [1.165, 1.54) is 17.0 Å². The van der Waals surface area contributed by atoms with Gasteiger partial charge in [0.25, 0.3) is 0 Å². The SMILES string of the molecule is CSCCC(NS(=O)(=O)c1ccccc1)C(=O)NCCc1cccs1. The maximum Gasteiger partial charge on any atom is 0.241 e. The molecule has 0 aliphatic rings. The first-order valence-electron chi connectivity index (χ1n) is 7.89. The molecule has 1 heterocycles. The topological polar surface area (TPSA) is 75.3 Å². The average Bonchev–Trinajstić information content (AvgIpc) is 3.12. The summed E-state index contributed by atoms with van der Waals surface area (Å²) in [4.78, 5) is 13.8. The third kappa shape index (κ3) is 6.47. The molecule has 1 aromatic carbocycles. The summed E-state index contributed by atoms with van der Waals surface area (Å²) in [6, 6.07) is 11.3. The minimum absolute atomic E-state index is 0.163. The molecular weight excluding hydrogens is 376 g/mol. The Balaban J connectivity index is 1.98. The third-order valence-corrected chi connectivity index (χ3v) is 6.60. The van der Waals surface area contributed by atoms with Crippen molar-refractivity contribution >= 4 is 39.0 Å². The Kier molecular flexibility index (Phi) is 7.95. The van der Waals surface area contributed by atoms with Crippen LogP contribution in [-0.2, 0) is 21.2 Å². The second kappa shape index (κ2) is 9.96. The maximum absolute atomic E-state index is 12.5.